The fourth-order valence-electron chi connectivity index (χ4n) is 2.54. The first-order valence-electron chi connectivity index (χ1n) is 9.10. The quantitative estimate of drug-likeness (QED) is 0.249. The van der Waals surface area contributed by atoms with Crippen molar-refractivity contribution >= 4 is 29.3 Å². The van der Waals surface area contributed by atoms with Crippen LogP contribution >= 0.6 is 11.6 Å². The van der Waals surface area contributed by atoms with Gasteiger partial charge in [0.15, 0.2) is 5.82 Å². The topological polar surface area (TPSA) is 82.2 Å². The molecule has 6 nitrogen and oxygen atoms in total. The molecule has 1 heterocycles. The summed E-state index contributed by atoms with van der Waals surface area (Å²) < 4.78 is 77.1. The minimum absolute atomic E-state index is 0.00766. The number of rotatable bonds is 5. The van der Waals surface area contributed by atoms with Crippen LogP contribution in [0.1, 0.15) is 33.6 Å². The Morgan fingerprint density at radius 2 is 1.82 bits per heavy atom. The lowest BCUT2D eigenvalue weighted by molar-refractivity contribution is -0.141. The number of halogens is 7. The number of aliphatic imine (C=N–C) groups is 1. The van der Waals surface area contributed by atoms with Crippen LogP contribution in [0.25, 0.3) is 0 Å². The van der Waals surface area contributed by atoms with Crippen LogP contribution in [-0.4, -0.2) is 22.1 Å². The highest BCUT2D eigenvalue weighted by atomic mass is 35.5. The van der Waals surface area contributed by atoms with E-state index in [0.29, 0.717) is 11.6 Å². The summed E-state index contributed by atoms with van der Waals surface area (Å²) in [5.41, 5.74) is -1.07. The first-order valence-corrected chi connectivity index (χ1v) is 9.48. The number of nitrogens with zero attached hydrogens (tertiary/aromatic N) is 2. The summed E-state index contributed by atoms with van der Waals surface area (Å²) in [5, 5.41) is 10.1. The molecule has 0 bridgehead atoms. The van der Waals surface area contributed by atoms with Gasteiger partial charge in [-0.3, -0.25) is 15.2 Å². The van der Waals surface area contributed by atoms with E-state index in [1.807, 2.05) is 0 Å². The van der Waals surface area contributed by atoms with Gasteiger partial charge in [-0.15, -0.1) is 0 Å². The van der Waals surface area contributed by atoms with Gasteiger partial charge in [0.05, 0.1) is 6.54 Å². The van der Waals surface area contributed by atoms with Crippen molar-refractivity contribution in [3.05, 3.63) is 81.8 Å². The van der Waals surface area contributed by atoms with Crippen LogP contribution in [0.3, 0.4) is 0 Å². The monoisotopic (exact) mass is 489 g/mol. The standard InChI is InChI=1S/C20H14ClF6N5O/c21-14-7-13(22)6-5-12(14)9-28-19(29-16-8-15(31-32-16)20(25,26)27)30-18(33)11-3-1-10(2-4-11)17(23)24/h1-8,17H,9H2,(H3,28,29,30,31,32,33). The molecule has 13 heteroatoms. The number of benzene rings is 2. The highest BCUT2D eigenvalue weighted by Crippen LogP contribution is 2.28. The van der Waals surface area contributed by atoms with Crippen LogP contribution in [0.15, 0.2) is 53.5 Å². The van der Waals surface area contributed by atoms with Crippen LogP contribution < -0.4 is 10.6 Å². The van der Waals surface area contributed by atoms with Gasteiger partial charge in [0.2, 0.25) is 5.96 Å². The first kappa shape index (κ1) is 24.1. The number of H-pyrrole nitrogens is 1. The number of hydrogen-bond donors (Lipinski definition) is 3. The molecule has 174 valence electrons. The lowest BCUT2D eigenvalue weighted by Gasteiger charge is -2.11. The van der Waals surface area contributed by atoms with Crippen molar-refractivity contribution in [3.63, 3.8) is 0 Å². The molecule has 0 unspecified atom stereocenters. The number of carbonyl (C=O) groups is 1. The van der Waals surface area contributed by atoms with E-state index in [0.717, 1.165) is 36.4 Å². The van der Waals surface area contributed by atoms with Crippen LogP contribution in [0.4, 0.5) is 32.2 Å². The van der Waals surface area contributed by atoms with Crippen LogP contribution in [0, 0.1) is 5.82 Å². The number of carbonyl (C=O) groups excluding carboxylic acids is 1. The number of aromatic nitrogens is 2. The molecule has 0 aliphatic rings. The van der Waals surface area contributed by atoms with Crippen LogP contribution in [0.2, 0.25) is 5.02 Å². The lowest BCUT2D eigenvalue weighted by atomic mass is 10.1. The molecule has 33 heavy (non-hydrogen) atoms. The van der Waals surface area contributed by atoms with Crippen molar-refractivity contribution in [2.24, 2.45) is 4.99 Å². The summed E-state index contributed by atoms with van der Waals surface area (Å²) in [6.45, 7) is -0.178. The maximum absolute atomic E-state index is 13.2. The Labute approximate surface area is 187 Å². The van der Waals surface area contributed by atoms with E-state index in [9.17, 15) is 31.1 Å². The van der Waals surface area contributed by atoms with E-state index in [-0.39, 0.29) is 34.5 Å². The second-order valence-corrected chi connectivity index (χ2v) is 6.97. The van der Waals surface area contributed by atoms with E-state index in [1.54, 1.807) is 5.10 Å². The third-order valence-corrected chi connectivity index (χ3v) is 4.56. The highest BCUT2D eigenvalue weighted by molar-refractivity contribution is 6.31. The van der Waals surface area contributed by atoms with Crippen molar-refractivity contribution in [2.75, 3.05) is 5.32 Å². The average Bonchev–Trinajstić information content (AvgIpc) is 3.22. The predicted octanol–water partition coefficient (Wildman–Crippen LogP) is 5.56. The molecule has 0 fully saturated rings. The van der Waals surface area contributed by atoms with Crippen molar-refractivity contribution in [1.82, 2.24) is 15.5 Å². The van der Waals surface area contributed by atoms with Crippen molar-refractivity contribution in [1.29, 1.82) is 0 Å². The van der Waals surface area contributed by atoms with Gasteiger partial charge in [0, 0.05) is 22.2 Å². The summed E-state index contributed by atoms with van der Waals surface area (Å²) in [4.78, 5) is 16.6. The van der Waals surface area contributed by atoms with E-state index < -0.39 is 30.0 Å². The number of aromatic amines is 1. The fourth-order valence-corrected chi connectivity index (χ4v) is 2.76. The molecule has 1 amide bonds. The van der Waals surface area contributed by atoms with Gasteiger partial charge in [-0.2, -0.15) is 18.3 Å². The normalized spacial score (nSPS) is 12.2. The van der Waals surface area contributed by atoms with E-state index >= 15 is 0 Å². The van der Waals surface area contributed by atoms with Gasteiger partial charge in [-0.1, -0.05) is 29.8 Å². The summed E-state index contributed by atoms with van der Waals surface area (Å²) in [6, 6.07) is 8.62. The van der Waals surface area contributed by atoms with Gasteiger partial charge in [-0.05, 0) is 29.8 Å². The Balaban J connectivity index is 1.83. The number of alkyl halides is 5. The van der Waals surface area contributed by atoms with Gasteiger partial charge < -0.3 is 5.32 Å². The Bertz CT molecular complexity index is 1160. The zero-order valence-electron chi connectivity index (χ0n) is 16.4. The average molecular weight is 490 g/mol. The molecule has 0 saturated carbocycles. The predicted molar refractivity (Wildman–Crippen MR) is 109 cm³/mol. The summed E-state index contributed by atoms with van der Waals surface area (Å²) in [6.07, 6.45) is -7.40. The van der Waals surface area contributed by atoms with Crippen molar-refractivity contribution < 1.29 is 31.1 Å². The van der Waals surface area contributed by atoms with E-state index in [1.165, 1.54) is 6.07 Å². The SMILES string of the molecule is O=C(NC(=NCc1ccc(F)cc1Cl)Nc1cc(C(F)(F)F)[nH]n1)c1ccc(C(F)F)cc1. The molecule has 0 spiro atoms. The molecule has 3 N–H and O–H groups in total. The van der Waals surface area contributed by atoms with Crippen LogP contribution in [-0.2, 0) is 12.7 Å². The molecule has 1 aromatic heterocycles. The minimum Gasteiger partial charge on any atom is -0.309 e. The number of nitrogens with one attached hydrogen (secondary N) is 3. The number of anilines is 1. The maximum Gasteiger partial charge on any atom is 0.432 e. The van der Waals surface area contributed by atoms with Crippen molar-refractivity contribution in [3.8, 4) is 0 Å². The Hall–Kier alpha value is -3.54. The third kappa shape index (κ3) is 6.48. The Kier molecular flexibility index (Phi) is 7.26. The zero-order chi connectivity index (χ0) is 24.2. The van der Waals surface area contributed by atoms with Gasteiger partial charge in [-0.25, -0.2) is 18.2 Å². The van der Waals surface area contributed by atoms with Crippen molar-refractivity contribution in [2.45, 2.75) is 19.1 Å². The molecule has 3 rings (SSSR count). The largest absolute Gasteiger partial charge is 0.432 e. The Morgan fingerprint density at radius 1 is 1.12 bits per heavy atom. The van der Waals surface area contributed by atoms with E-state index in [4.69, 9.17) is 11.6 Å². The molecular weight excluding hydrogens is 476 g/mol. The molecule has 0 aliphatic carbocycles. The van der Waals surface area contributed by atoms with E-state index in [2.05, 4.69) is 20.7 Å². The molecule has 0 atom stereocenters. The molecule has 0 radical (unpaired) electrons. The zero-order valence-corrected chi connectivity index (χ0v) is 17.1. The molecule has 0 aliphatic heterocycles. The summed E-state index contributed by atoms with van der Waals surface area (Å²) in [5.74, 6) is -1.97. The number of hydrogen-bond acceptors (Lipinski definition) is 3. The molecule has 2 aromatic carbocycles. The second-order valence-electron chi connectivity index (χ2n) is 6.57. The smallest absolute Gasteiger partial charge is 0.309 e. The number of amides is 1. The highest BCUT2D eigenvalue weighted by Gasteiger charge is 2.33. The van der Waals surface area contributed by atoms with Crippen LogP contribution in [0.5, 0.6) is 0 Å². The molecule has 0 saturated heterocycles. The summed E-state index contributed by atoms with van der Waals surface area (Å²) >= 11 is 5.95. The Morgan fingerprint density at radius 3 is 2.39 bits per heavy atom. The first-order chi connectivity index (χ1) is 15.5. The maximum atomic E-state index is 13.2. The summed E-state index contributed by atoms with van der Waals surface area (Å²) in [7, 11) is 0. The second kappa shape index (κ2) is 9.94. The molecular formula is C20H14ClF6N5O. The van der Waals surface area contributed by atoms with Gasteiger partial charge in [0.1, 0.15) is 11.5 Å². The van der Waals surface area contributed by atoms with Gasteiger partial charge in [0.25, 0.3) is 12.3 Å². The molecule has 3 aromatic rings. The van der Waals surface area contributed by atoms with Gasteiger partial charge >= 0.3 is 6.18 Å². The lowest BCUT2D eigenvalue weighted by Crippen LogP contribution is -2.36. The number of guanidine groups is 1. The minimum atomic E-state index is -4.68. The fraction of sp³-hybridized carbons (Fsp3) is 0.150. The third-order valence-electron chi connectivity index (χ3n) is 4.21.